The third-order valence-electron chi connectivity index (χ3n) is 3.30. The lowest BCUT2D eigenvalue weighted by Crippen LogP contribution is -2.20. The number of aromatic nitrogens is 2. The van der Waals surface area contributed by atoms with Crippen molar-refractivity contribution in [1.29, 1.82) is 0 Å². The van der Waals surface area contributed by atoms with Crippen LogP contribution in [-0.2, 0) is 16.3 Å². The predicted molar refractivity (Wildman–Crippen MR) is 79.8 cm³/mol. The highest BCUT2D eigenvalue weighted by atomic mass is 32.2. The molecule has 0 bridgehead atoms. The monoisotopic (exact) mass is 327 g/mol. The van der Waals surface area contributed by atoms with Gasteiger partial charge in [0, 0.05) is 12.5 Å². The molecule has 1 unspecified atom stereocenters. The maximum absolute atomic E-state index is 12.8. The van der Waals surface area contributed by atoms with E-state index in [2.05, 4.69) is 15.5 Å². The molecule has 8 heteroatoms. The Morgan fingerprint density at radius 2 is 2.05 bits per heavy atom. The maximum Gasteiger partial charge on any atom is 0.205 e. The molecule has 0 spiro atoms. The van der Waals surface area contributed by atoms with Gasteiger partial charge in [-0.25, -0.2) is 12.8 Å². The first-order chi connectivity index (χ1) is 10.00. The molecule has 1 aliphatic rings. The van der Waals surface area contributed by atoms with Crippen LogP contribution in [-0.4, -0.2) is 36.2 Å². The lowest BCUT2D eigenvalue weighted by molar-refractivity contribution is 0.602. The number of rotatable bonds is 4. The Balaban J connectivity index is 1.62. The second-order valence-electron chi connectivity index (χ2n) is 5.05. The first kappa shape index (κ1) is 14.4. The smallest absolute Gasteiger partial charge is 0.205 e. The normalized spacial score (nSPS) is 20.5. The van der Waals surface area contributed by atoms with Crippen LogP contribution < -0.4 is 5.32 Å². The van der Waals surface area contributed by atoms with E-state index < -0.39 is 9.84 Å². The van der Waals surface area contributed by atoms with E-state index in [-0.39, 0.29) is 23.4 Å². The summed E-state index contributed by atoms with van der Waals surface area (Å²) in [6, 6.07) is 6.18. The summed E-state index contributed by atoms with van der Waals surface area (Å²) in [5.74, 6) is 0.118. The SMILES string of the molecule is O=S1(=O)CCC(Nc2nnc(Cc3ccc(F)cc3)s2)C1. The minimum atomic E-state index is -2.90. The first-order valence-corrected chi connectivity index (χ1v) is 9.18. The molecule has 1 N–H and O–H groups in total. The van der Waals surface area contributed by atoms with Gasteiger partial charge in [-0.1, -0.05) is 23.5 Å². The molecule has 5 nitrogen and oxygen atoms in total. The summed E-state index contributed by atoms with van der Waals surface area (Å²) in [7, 11) is -2.90. The standard InChI is InChI=1S/C13H14FN3O2S2/c14-10-3-1-9(2-4-10)7-12-16-17-13(20-12)15-11-5-6-21(18,19)8-11/h1-4,11H,5-8H2,(H,15,17). The second kappa shape index (κ2) is 5.69. The van der Waals surface area contributed by atoms with Gasteiger partial charge in [-0.05, 0) is 24.1 Å². The molecule has 2 aromatic rings. The molecular weight excluding hydrogens is 313 g/mol. The lowest BCUT2D eigenvalue weighted by atomic mass is 10.2. The van der Waals surface area contributed by atoms with Gasteiger partial charge in [-0.2, -0.15) is 0 Å². The Morgan fingerprint density at radius 1 is 1.29 bits per heavy atom. The Labute approximate surface area is 126 Å². The minimum Gasteiger partial charge on any atom is -0.356 e. The zero-order valence-corrected chi connectivity index (χ0v) is 12.8. The third-order valence-corrected chi connectivity index (χ3v) is 5.92. The summed E-state index contributed by atoms with van der Waals surface area (Å²) in [6.45, 7) is 0. The average molecular weight is 327 g/mol. The van der Waals surface area contributed by atoms with Crippen molar-refractivity contribution in [1.82, 2.24) is 10.2 Å². The van der Waals surface area contributed by atoms with E-state index in [0.29, 0.717) is 18.0 Å². The zero-order valence-electron chi connectivity index (χ0n) is 11.1. The molecule has 1 aliphatic heterocycles. The summed E-state index contributed by atoms with van der Waals surface area (Å²) in [5, 5.41) is 12.7. The van der Waals surface area contributed by atoms with E-state index in [1.807, 2.05) is 0 Å². The highest BCUT2D eigenvalue weighted by Crippen LogP contribution is 2.22. The van der Waals surface area contributed by atoms with Crippen LogP contribution in [0.1, 0.15) is 17.0 Å². The van der Waals surface area contributed by atoms with Crippen molar-refractivity contribution in [2.75, 3.05) is 16.8 Å². The van der Waals surface area contributed by atoms with Crippen molar-refractivity contribution in [3.05, 3.63) is 40.7 Å². The molecule has 1 aromatic carbocycles. The minimum absolute atomic E-state index is 0.0818. The Bertz CT molecular complexity index is 728. The highest BCUT2D eigenvalue weighted by molar-refractivity contribution is 7.91. The third kappa shape index (κ3) is 3.76. The number of anilines is 1. The number of halogens is 1. The molecular formula is C13H14FN3O2S2. The first-order valence-electron chi connectivity index (χ1n) is 6.54. The summed E-state index contributed by atoms with van der Waals surface area (Å²) in [4.78, 5) is 0. The average Bonchev–Trinajstić information content (AvgIpc) is 2.99. The quantitative estimate of drug-likeness (QED) is 0.928. The molecule has 0 amide bonds. The zero-order chi connectivity index (χ0) is 14.9. The van der Waals surface area contributed by atoms with Gasteiger partial charge >= 0.3 is 0 Å². The molecule has 0 saturated carbocycles. The number of hydrogen-bond acceptors (Lipinski definition) is 6. The predicted octanol–water partition coefficient (Wildman–Crippen LogP) is 1.87. The van der Waals surface area contributed by atoms with Crippen molar-refractivity contribution in [3.63, 3.8) is 0 Å². The fourth-order valence-corrected chi connectivity index (χ4v) is 4.77. The van der Waals surface area contributed by atoms with Crippen LogP contribution in [0.3, 0.4) is 0 Å². The van der Waals surface area contributed by atoms with Crippen LogP contribution >= 0.6 is 11.3 Å². The van der Waals surface area contributed by atoms with E-state index in [1.54, 1.807) is 12.1 Å². The van der Waals surface area contributed by atoms with Gasteiger partial charge < -0.3 is 5.32 Å². The van der Waals surface area contributed by atoms with Crippen molar-refractivity contribution in [3.8, 4) is 0 Å². The van der Waals surface area contributed by atoms with Gasteiger partial charge in [0.15, 0.2) is 9.84 Å². The van der Waals surface area contributed by atoms with Gasteiger partial charge in [-0.15, -0.1) is 10.2 Å². The van der Waals surface area contributed by atoms with Crippen molar-refractivity contribution < 1.29 is 12.8 Å². The fourth-order valence-electron chi connectivity index (χ4n) is 2.24. The molecule has 2 heterocycles. The lowest BCUT2D eigenvalue weighted by Gasteiger charge is -2.07. The number of sulfone groups is 1. The molecule has 112 valence electrons. The fraction of sp³-hybridized carbons (Fsp3) is 0.385. The second-order valence-corrected chi connectivity index (χ2v) is 8.34. The molecule has 1 fully saturated rings. The van der Waals surface area contributed by atoms with Gasteiger partial charge in [0.25, 0.3) is 0 Å². The molecule has 0 aliphatic carbocycles. The number of nitrogens with one attached hydrogen (secondary N) is 1. The summed E-state index contributed by atoms with van der Waals surface area (Å²) in [6.07, 6.45) is 1.19. The summed E-state index contributed by atoms with van der Waals surface area (Å²) in [5.41, 5.74) is 0.961. The van der Waals surface area contributed by atoms with Crippen LogP contribution in [0, 0.1) is 5.82 Å². The Hall–Kier alpha value is -1.54. The van der Waals surface area contributed by atoms with Crippen molar-refractivity contribution in [2.45, 2.75) is 18.9 Å². The summed E-state index contributed by atoms with van der Waals surface area (Å²) < 4.78 is 35.6. The van der Waals surface area contributed by atoms with Gasteiger partial charge in [0.2, 0.25) is 5.13 Å². The number of nitrogens with zero attached hydrogens (tertiary/aromatic N) is 2. The van der Waals surface area contributed by atoms with Gasteiger partial charge in [0.1, 0.15) is 10.8 Å². The van der Waals surface area contributed by atoms with Crippen LogP contribution in [0.4, 0.5) is 9.52 Å². The Morgan fingerprint density at radius 3 is 2.71 bits per heavy atom. The van der Waals surface area contributed by atoms with Crippen molar-refractivity contribution >= 4 is 26.3 Å². The van der Waals surface area contributed by atoms with Crippen LogP contribution in [0.5, 0.6) is 0 Å². The molecule has 3 rings (SSSR count). The van der Waals surface area contributed by atoms with E-state index in [1.165, 1.54) is 23.5 Å². The van der Waals surface area contributed by atoms with E-state index in [4.69, 9.17) is 0 Å². The highest BCUT2D eigenvalue weighted by Gasteiger charge is 2.28. The van der Waals surface area contributed by atoms with E-state index in [9.17, 15) is 12.8 Å². The topological polar surface area (TPSA) is 72.0 Å². The molecule has 1 saturated heterocycles. The van der Waals surface area contributed by atoms with Crippen LogP contribution in [0.25, 0.3) is 0 Å². The molecule has 21 heavy (non-hydrogen) atoms. The van der Waals surface area contributed by atoms with Crippen molar-refractivity contribution in [2.24, 2.45) is 0 Å². The molecule has 1 atom stereocenters. The number of benzene rings is 1. The molecule has 0 radical (unpaired) electrons. The largest absolute Gasteiger partial charge is 0.356 e. The summed E-state index contributed by atoms with van der Waals surface area (Å²) >= 11 is 1.40. The maximum atomic E-state index is 12.8. The van der Waals surface area contributed by atoms with Crippen LogP contribution in [0.15, 0.2) is 24.3 Å². The van der Waals surface area contributed by atoms with E-state index >= 15 is 0 Å². The molecule has 1 aromatic heterocycles. The van der Waals surface area contributed by atoms with Gasteiger partial charge in [0.05, 0.1) is 11.5 Å². The number of hydrogen-bond donors (Lipinski definition) is 1. The van der Waals surface area contributed by atoms with Gasteiger partial charge in [-0.3, -0.25) is 0 Å². The van der Waals surface area contributed by atoms with E-state index in [0.717, 1.165) is 10.6 Å². The van der Waals surface area contributed by atoms with Crippen LogP contribution in [0.2, 0.25) is 0 Å². The Kier molecular flexibility index (Phi) is 3.90.